The Balaban J connectivity index is 1.94. The molecule has 27 heavy (non-hydrogen) atoms. The summed E-state index contributed by atoms with van der Waals surface area (Å²) in [5.41, 5.74) is 0.807. The van der Waals surface area contributed by atoms with Crippen molar-refractivity contribution in [1.29, 1.82) is 0 Å². The van der Waals surface area contributed by atoms with E-state index >= 15 is 0 Å². The van der Waals surface area contributed by atoms with Gasteiger partial charge in [-0.3, -0.25) is 0 Å². The molecule has 2 aromatic rings. The third-order valence-electron chi connectivity index (χ3n) is 3.90. The van der Waals surface area contributed by atoms with E-state index < -0.39 is 5.97 Å². The lowest BCUT2D eigenvalue weighted by atomic mass is 10.2. The molecule has 0 saturated heterocycles. The van der Waals surface area contributed by atoms with Crippen LogP contribution in [-0.2, 0) is 4.79 Å². The van der Waals surface area contributed by atoms with E-state index in [9.17, 15) is 4.79 Å². The smallest absolute Gasteiger partial charge is 0.336 e. The van der Waals surface area contributed by atoms with Crippen LogP contribution >= 0.6 is 11.6 Å². The van der Waals surface area contributed by atoms with Gasteiger partial charge in [-0.05, 0) is 42.3 Å². The van der Waals surface area contributed by atoms with E-state index in [1.807, 2.05) is 18.2 Å². The summed E-state index contributed by atoms with van der Waals surface area (Å²) in [4.78, 5) is 12.0. The Kier molecular flexibility index (Phi) is 8.72. The molecule has 5 heteroatoms. The van der Waals surface area contributed by atoms with Crippen LogP contribution in [0.2, 0.25) is 5.02 Å². The van der Waals surface area contributed by atoms with Gasteiger partial charge in [-0.1, -0.05) is 56.0 Å². The first-order chi connectivity index (χ1) is 13.1. The van der Waals surface area contributed by atoms with Crippen LogP contribution in [0, 0.1) is 0 Å². The highest BCUT2D eigenvalue weighted by Gasteiger charge is 2.07. The number of carbonyl (C=O) groups is 1. The second-order valence-electron chi connectivity index (χ2n) is 6.00. The monoisotopic (exact) mass is 388 g/mol. The van der Waals surface area contributed by atoms with E-state index in [1.54, 1.807) is 37.5 Å². The van der Waals surface area contributed by atoms with Gasteiger partial charge in [-0.15, -0.1) is 0 Å². The topological polar surface area (TPSA) is 44.8 Å². The predicted octanol–water partition coefficient (Wildman–Crippen LogP) is 5.93. The van der Waals surface area contributed by atoms with Crippen molar-refractivity contribution in [3.63, 3.8) is 0 Å². The fraction of sp³-hybridized carbons (Fsp3) is 0.318. The quantitative estimate of drug-likeness (QED) is 0.219. The number of ether oxygens (including phenoxy) is 3. The summed E-state index contributed by atoms with van der Waals surface area (Å²) in [6.07, 6.45) is 7.60. The van der Waals surface area contributed by atoms with Gasteiger partial charge in [0, 0.05) is 6.08 Å². The highest BCUT2D eigenvalue weighted by Crippen LogP contribution is 2.29. The molecule has 0 aliphatic rings. The largest absolute Gasteiger partial charge is 0.493 e. The van der Waals surface area contributed by atoms with E-state index in [4.69, 9.17) is 25.8 Å². The fourth-order valence-electron chi connectivity index (χ4n) is 2.45. The number of methoxy groups -OCH3 is 1. The number of unbranched alkanes of at least 4 members (excludes halogenated alkanes) is 3. The van der Waals surface area contributed by atoms with E-state index in [-0.39, 0.29) is 0 Å². The molecule has 0 aliphatic carbocycles. The summed E-state index contributed by atoms with van der Waals surface area (Å²) in [6.45, 7) is 2.84. The van der Waals surface area contributed by atoms with Crippen molar-refractivity contribution < 1.29 is 19.0 Å². The van der Waals surface area contributed by atoms with Gasteiger partial charge in [0.25, 0.3) is 0 Å². The maximum atomic E-state index is 12.0. The second kappa shape index (κ2) is 11.3. The predicted molar refractivity (Wildman–Crippen MR) is 109 cm³/mol. The zero-order chi connectivity index (χ0) is 19.5. The van der Waals surface area contributed by atoms with Gasteiger partial charge in [0.1, 0.15) is 5.75 Å². The summed E-state index contributed by atoms with van der Waals surface area (Å²) in [6, 6.07) is 12.4. The molecule has 0 saturated carbocycles. The molecule has 0 aromatic heterocycles. The lowest BCUT2D eigenvalue weighted by molar-refractivity contribution is -0.128. The van der Waals surface area contributed by atoms with Crippen LogP contribution in [0.1, 0.15) is 38.2 Å². The number of benzene rings is 2. The van der Waals surface area contributed by atoms with Gasteiger partial charge >= 0.3 is 5.97 Å². The van der Waals surface area contributed by atoms with Crippen LogP contribution in [-0.4, -0.2) is 19.7 Å². The van der Waals surface area contributed by atoms with Gasteiger partial charge in [0.2, 0.25) is 0 Å². The molecule has 0 amide bonds. The molecule has 0 fully saturated rings. The van der Waals surface area contributed by atoms with Crippen LogP contribution < -0.4 is 14.2 Å². The number of hydrogen-bond acceptors (Lipinski definition) is 4. The molecule has 2 aromatic carbocycles. The molecule has 0 radical (unpaired) electrons. The van der Waals surface area contributed by atoms with Gasteiger partial charge in [-0.2, -0.15) is 0 Å². The summed E-state index contributed by atoms with van der Waals surface area (Å²) in [5.74, 6) is 1.16. The highest BCUT2D eigenvalue weighted by atomic mass is 35.5. The van der Waals surface area contributed by atoms with Crippen LogP contribution in [0.3, 0.4) is 0 Å². The average Bonchev–Trinajstić information content (AvgIpc) is 2.68. The Bertz CT molecular complexity index is 771. The van der Waals surface area contributed by atoms with Crippen molar-refractivity contribution in [2.24, 2.45) is 0 Å². The van der Waals surface area contributed by atoms with Gasteiger partial charge < -0.3 is 14.2 Å². The number of carbonyl (C=O) groups excluding carboxylic acids is 1. The molecule has 2 rings (SSSR count). The molecular formula is C22H25ClO4. The number of para-hydroxylation sites is 1. The van der Waals surface area contributed by atoms with Gasteiger partial charge in [0.15, 0.2) is 11.5 Å². The molecule has 0 N–H and O–H groups in total. The minimum atomic E-state index is -0.502. The van der Waals surface area contributed by atoms with E-state index in [1.165, 1.54) is 18.9 Å². The van der Waals surface area contributed by atoms with Crippen molar-refractivity contribution in [2.45, 2.75) is 32.6 Å². The lowest BCUT2D eigenvalue weighted by Crippen LogP contribution is -2.04. The number of hydrogen-bond donors (Lipinski definition) is 0. The Morgan fingerprint density at radius 2 is 1.85 bits per heavy atom. The van der Waals surface area contributed by atoms with Crippen LogP contribution in [0.25, 0.3) is 6.08 Å². The van der Waals surface area contributed by atoms with E-state index in [2.05, 4.69) is 6.92 Å². The first-order valence-corrected chi connectivity index (χ1v) is 9.47. The average molecular weight is 389 g/mol. The maximum absolute atomic E-state index is 12.0. The zero-order valence-electron chi connectivity index (χ0n) is 15.7. The van der Waals surface area contributed by atoms with Crippen molar-refractivity contribution in [2.75, 3.05) is 13.7 Å². The van der Waals surface area contributed by atoms with Crippen molar-refractivity contribution in [3.8, 4) is 17.2 Å². The van der Waals surface area contributed by atoms with Crippen LogP contribution in [0.5, 0.6) is 17.2 Å². The molecule has 0 spiro atoms. The van der Waals surface area contributed by atoms with Crippen LogP contribution in [0.15, 0.2) is 48.5 Å². The molecule has 144 valence electrons. The summed E-state index contributed by atoms with van der Waals surface area (Å²) in [7, 11) is 1.60. The van der Waals surface area contributed by atoms with Gasteiger partial charge in [-0.25, -0.2) is 4.79 Å². The Morgan fingerprint density at radius 1 is 1.04 bits per heavy atom. The van der Waals surface area contributed by atoms with Crippen LogP contribution in [0.4, 0.5) is 0 Å². The fourth-order valence-corrected chi connectivity index (χ4v) is 2.63. The molecule has 4 nitrogen and oxygen atoms in total. The molecule has 0 heterocycles. The third-order valence-corrected chi connectivity index (χ3v) is 4.21. The second-order valence-corrected chi connectivity index (χ2v) is 6.41. The Labute approximate surface area is 165 Å². The van der Waals surface area contributed by atoms with E-state index in [0.717, 1.165) is 18.4 Å². The summed E-state index contributed by atoms with van der Waals surface area (Å²) in [5, 5.41) is 0.390. The SMILES string of the molecule is CCCCCCOc1ccc(/C=C/C(=O)Oc2ccccc2Cl)cc1OC. The normalized spacial score (nSPS) is 10.8. The number of esters is 1. The Morgan fingerprint density at radius 3 is 2.59 bits per heavy atom. The van der Waals surface area contributed by atoms with Crippen molar-refractivity contribution >= 4 is 23.6 Å². The standard InChI is InChI=1S/C22H25ClO4/c1-3-4-5-8-15-26-20-13-11-17(16-21(20)25-2)12-14-22(24)27-19-10-7-6-9-18(19)23/h6-7,9-14,16H,3-5,8,15H2,1-2H3/b14-12+. The minimum Gasteiger partial charge on any atom is -0.493 e. The number of halogens is 1. The highest BCUT2D eigenvalue weighted by molar-refractivity contribution is 6.32. The number of rotatable bonds is 10. The maximum Gasteiger partial charge on any atom is 0.336 e. The molecule has 0 unspecified atom stereocenters. The van der Waals surface area contributed by atoms with Crippen molar-refractivity contribution in [1.82, 2.24) is 0 Å². The summed E-state index contributed by atoms with van der Waals surface area (Å²) >= 11 is 5.98. The summed E-state index contributed by atoms with van der Waals surface area (Å²) < 4.78 is 16.4. The third kappa shape index (κ3) is 6.99. The molecular weight excluding hydrogens is 364 g/mol. The Hall–Kier alpha value is -2.46. The van der Waals surface area contributed by atoms with E-state index in [0.29, 0.717) is 28.9 Å². The first-order valence-electron chi connectivity index (χ1n) is 9.09. The lowest BCUT2D eigenvalue weighted by Gasteiger charge is -2.11. The minimum absolute atomic E-state index is 0.332. The molecule has 0 atom stereocenters. The molecule has 0 aliphatic heterocycles. The molecule has 0 bridgehead atoms. The first kappa shape index (κ1) is 20.8. The van der Waals surface area contributed by atoms with Crippen molar-refractivity contribution in [3.05, 3.63) is 59.1 Å². The van der Waals surface area contributed by atoms with Gasteiger partial charge in [0.05, 0.1) is 18.7 Å². The zero-order valence-corrected chi connectivity index (χ0v) is 16.5.